The molecule has 0 amide bonds. The minimum atomic E-state index is -0.584. The van der Waals surface area contributed by atoms with E-state index in [1.54, 1.807) is 0 Å². The van der Waals surface area contributed by atoms with Crippen molar-refractivity contribution in [2.24, 2.45) is 0 Å². The summed E-state index contributed by atoms with van der Waals surface area (Å²) in [4.78, 5) is 0. The maximum absolute atomic E-state index is 12.5. The first-order chi connectivity index (χ1) is 4.74. The van der Waals surface area contributed by atoms with Gasteiger partial charge in [0.15, 0.2) is 11.6 Å². The summed E-state index contributed by atoms with van der Waals surface area (Å²) < 4.78 is 17.1. The van der Waals surface area contributed by atoms with Gasteiger partial charge in [-0.15, -0.1) is 0 Å². The predicted octanol–water partition coefficient (Wildman–Crippen LogP) is 1.34. The SMILES string of the molecule is COc1c[c]c(O)cc1F. The van der Waals surface area contributed by atoms with Crippen LogP contribution in [-0.4, -0.2) is 12.2 Å². The summed E-state index contributed by atoms with van der Waals surface area (Å²) in [5.74, 6) is -0.727. The van der Waals surface area contributed by atoms with Gasteiger partial charge in [-0.1, -0.05) is 0 Å². The summed E-state index contributed by atoms with van der Waals surface area (Å²) in [5, 5.41) is 8.68. The van der Waals surface area contributed by atoms with Crippen molar-refractivity contribution in [3.63, 3.8) is 0 Å². The number of phenolic OH excluding ortho intramolecular Hbond substituents is 1. The molecule has 0 bridgehead atoms. The van der Waals surface area contributed by atoms with Crippen LogP contribution in [0.4, 0.5) is 4.39 Å². The van der Waals surface area contributed by atoms with Crippen LogP contribution in [0.2, 0.25) is 0 Å². The summed E-state index contributed by atoms with van der Waals surface area (Å²) in [6, 6.07) is 4.57. The number of hydrogen-bond donors (Lipinski definition) is 1. The van der Waals surface area contributed by atoms with Crippen LogP contribution < -0.4 is 4.74 Å². The first-order valence-electron chi connectivity index (χ1n) is 2.68. The number of rotatable bonds is 1. The van der Waals surface area contributed by atoms with Gasteiger partial charge in [0.25, 0.3) is 0 Å². The van der Waals surface area contributed by atoms with Crippen LogP contribution in [0.5, 0.6) is 11.5 Å². The Morgan fingerprint density at radius 3 is 2.90 bits per heavy atom. The lowest BCUT2D eigenvalue weighted by molar-refractivity contribution is 0.382. The average molecular weight is 141 g/mol. The Morgan fingerprint density at radius 2 is 2.40 bits per heavy atom. The highest BCUT2D eigenvalue weighted by atomic mass is 19.1. The summed E-state index contributed by atoms with van der Waals surface area (Å²) in [6.07, 6.45) is 0. The molecule has 53 valence electrons. The molecule has 0 spiro atoms. The fourth-order valence-electron chi connectivity index (χ4n) is 0.598. The van der Waals surface area contributed by atoms with Crippen molar-refractivity contribution in [3.8, 4) is 11.5 Å². The standard InChI is InChI=1S/C7H6FO2/c1-10-7-3-2-5(9)4-6(7)8/h3-4,9H,1H3. The van der Waals surface area contributed by atoms with Crippen molar-refractivity contribution >= 4 is 0 Å². The lowest BCUT2D eigenvalue weighted by Crippen LogP contribution is -1.86. The van der Waals surface area contributed by atoms with Crippen molar-refractivity contribution in [2.75, 3.05) is 7.11 Å². The average Bonchev–Trinajstić information content (AvgIpc) is 1.88. The molecule has 1 aromatic carbocycles. The molecule has 2 nitrogen and oxygen atoms in total. The zero-order chi connectivity index (χ0) is 7.56. The number of hydrogen-bond acceptors (Lipinski definition) is 2. The number of methoxy groups -OCH3 is 1. The lowest BCUT2D eigenvalue weighted by Gasteiger charge is -1.99. The fraction of sp³-hybridized carbons (Fsp3) is 0.143. The Kier molecular flexibility index (Phi) is 1.76. The third-order valence-electron chi connectivity index (χ3n) is 1.07. The van der Waals surface area contributed by atoms with E-state index in [0.29, 0.717) is 0 Å². The van der Waals surface area contributed by atoms with Gasteiger partial charge < -0.3 is 9.84 Å². The highest BCUT2D eigenvalue weighted by molar-refractivity contribution is 5.30. The van der Waals surface area contributed by atoms with Gasteiger partial charge >= 0.3 is 0 Å². The van der Waals surface area contributed by atoms with Gasteiger partial charge in [0.2, 0.25) is 0 Å². The van der Waals surface area contributed by atoms with Gasteiger partial charge in [0.1, 0.15) is 5.75 Å². The molecule has 0 aliphatic heterocycles. The zero-order valence-electron chi connectivity index (χ0n) is 5.39. The highest BCUT2D eigenvalue weighted by Gasteiger charge is 2.01. The van der Waals surface area contributed by atoms with E-state index < -0.39 is 5.82 Å². The molecule has 0 aliphatic carbocycles. The third-order valence-corrected chi connectivity index (χ3v) is 1.07. The summed E-state index contributed by atoms with van der Waals surface area (Å²) in [7, 11) is 1.35. The first kappa shape index (κ1) is 6.86. The molecule has 3 heteroatoms. The van der Waals surface area contributed by atoms with E-state index in [1.165, 1.54) is 13.2 Å². The Hall–Kier alpha value is -1.25. The predicted molar refractivity (Wildman–Crippen MR) is 33.5 cm³/mol. The molecular formula is C7H6FO2. The Labute approximate surface area is 57.9 Å². The van der Waals surface area contributed by atoms with Crippen LogP contribution in [0.15, 0.2) is 12.1 Å². The van der Waals surface area contributed by atoms with Crippen LogP contribution in [0.3, 0.4) is 0 Å². The van der Waals surface area contributed by atoms with Crippen molar-refractivity contribution in [2.45, 2.75) is 0 Å². The normalized spacial score (nSPS) is 9.40. The monoisotopic (exact) mass is 141 g/mol. The van der Waals surface area contributed by atoms with Crippen LogP contribution in [0.25, 0.3) is 0 Å². The molecule has 0 atom stereocenters. The van der Waals surface area contributed by atoms with E-state index in [1.807, 2.05) is 0 Å². The zero-order valence-corrected chi connectivity index (χ0v) is 5.39. The summed E-state index contributed by atoms with van der Waals surface area (Å²) >= 11 is 0. The number of aromatic hydroxyl groups is 1. The van der Waals surface area contributed by atoms with Gasteiger partial charge in [-0.3, -0.25) is 0 Å². The van der Waals surface area contributed by atoms with Crippen LogP contribution in [0.1, 0.15) is 0 Å². The molecule has 10 heavy (non-hydrogen) atoms. The Balaban J connectivity index is 3.07. The van der Waals surface area contributed by atoms with E-state index in [0.717, 1.165) is 6.07 Å². The quantitative estimate of drug-likeness (QED) is 0.639. The second-order valence-electron chi connectivity index (χ2n) is 1.73. The summed E-state index contributed by atoms with van der Waals surface area (Å²) in [5.41, 5.74) is 0. The third kappa shape index (κ3) is 1.18. The van der Waals surface area contributed by atoms with E-state index in [9.17, 15) is 4.39 Å². The van der Waals surface area contributed by atoms with Crippen LogP contribution in [0, 0.1) is 11.9 Å². The first-order valence-corrected chi connectivity index (χ1v) is 2.68. The molecule has 0 fully saturated rings. The van der Waals surface area contributed by atoms with Crippen LogP contribution >= 0.6 is 0 Å². The number of phenols is 1. The van der Waals surface area contributed by atoms with Gasteiger partial charge in [-0.2, -0.15) is 0 Å². The molecule has 1 aromatic rings. The van der Waals surface area contributed by atoms with Gasteiger partial charge in [0, 0.05) is 12.1 Å². The Morgan fingerprint density at radius 1 is 1.70 bits per heavy atom. The minimum Gasteiger partial charge on any atom is -0.507 e. The molecule has 0 saturated heterocycles. The second kappa shape index (κ2) is 2.56. The molecular weight excluding hydrogens is 135 g/mol. The molecule has 0 saturated carbocycles. The Bertz CT molecular complexity index is 235. The molecule has 0 unspecified atom stereocenters. The maximum atomic E-state index is 12.5. The minimum absolute atomic E-state index is 0.0813. The molecule has 0 heterocycles. The largest absolute Gasteiger partial charge is 0.507 e. The van der Waals surface area contributed by atoms with Crippen molar-refractivity contribution < 1.29 is 14.2 Å². The molecule has 1 radical (unpaired) electrons. The van der Waals surface area contributed by atoms with E-state index >= 15 is 0 Å². The number of benzene rings is 1. The molecule has 1 N–H and O–H groups in total. The smallest absolute Gasteiger partial charge is 0.168 e. The van der Waals surface area contributed by atoms with Gasteiger partial charge in [0.05, 0.1) is 7.11 Å². The van der Waals surface area contributed by atoms with Gasteiger partial charge in [-0.25, -0.2) is 4.39 Å². The lowest BCUT2D eigenvalue weighted by atomic mass is 10.3. The fourth-order valence-corrected chi connectivity index (χ4v) is 0.598. The molecule has 0 aromatic heterocycles. The van der Waals surface area contributed by atoms with E-state index in [-0.39, 0.29) is 11.5 Å². The summed E-state index contributed by atoms with van der Waals surface area (Å²) in [6.45, 7) is 0. The number of ether oxygens (including phenoxy) is 1. The highest BCUT2D eigenvalue weighted by Crippen LogP contribution is 2.19. The topological polar surface area (TPSA) is 29.5 Å². The van der Waals surface area contributed by atoms with Crippen molar-refractivity contribution in [1.29, 1.82) is 0 Å². The van der Waals surface area contributed by atoms with Gasteiger partial charge in [-0.05, 0) is 6.07 Å². The maximum Gasteiger partial charge on any atom is 0.168 e. The molecule has 1 rings (SSSR count). The van der Waals surface area contributed by atoms with Crippen molar-refractivity contribution in [3.05, 3.63) is 24.0 Å². The number of halogens is 1. The van der Waals surface area contributed by atoms with Crippen LogP contribution in [-0.2, 0) is 0 Å². The van der Waals surface area contributed by atoms with E-state index in [4.69, 9.17) is 5.11 Å². The van der Waals surface area contributed by atoms with E-state index in [2.05, 4.69) is 10.8 Å². The molecule has 0 aliphatic rings. The van der Waals surface area contributed by atoms with Crippen molar-refractivity contribution in [1.82, 2.24) is 0 Å². The second-order valence-corrected chi connectivity index (χ2v) is 1.73.